The first-order valence-corrected chi connectivity index (χ1v) is 5.90. The van der Waals surface area contributed by atoms with E-state index in [0.717, 1.165) is 14.5 Å². The quantitative estimate of drug-likeness (QED) is 0.863. The normalized spacial score (nSPS) is 12.3. The molecule has 0 saturated carbocycles. The molecule has 0 radical (unpaired) electrons. The maximum Gasteiger partial charge on any atom is 0.307 e. The highest BCUT2D eigenvalue weighted by molar-refractivity contribution is 9.11. The van der Waals surface area contributed by atoms with Gasteiger partial charge in [-0.25, -0.2) is 0 Å². The van der Waals surface area contributed by atoms with Gasteiger partial charge in [-0.15, -0.1) is 0 Å². The third-order valence-electron chi connectivity index (χ3n) is 1.97. The Kier molecular flexibility index (Phi) is 4.76. The van der Waals surface area contributed by atoms with Gasteiger partial charge >= 0.3 is 5.97 Å². The Morgan fingerprint density at radius 2 is 2.20 bits per heavy atom. The summed E-state index contributed by atoms with van der Waals surface area (Å²) in [6.45, 7) is 0. The molecule has 15 heavy (non-hydrogen) atoms. The summed E-state index contributed by atoms with van der Waals surface area (Å²) < 4.78 is 6.39. The van der Waals surface area contributed by atoms with Crippen molar-refractivity contribution in [3.05, 3.63) is 32.7 Å². The summed E-state index contributed by atoms with van der Waals surface area (Å²) in [5.41, 5.74) is 6.77. The van der Waals surface area contributed by atoms with E-state index in [1.807, 2.05) is 18.2 Å². The Labute approximate surface area is 105 Å². The zero-order valence-electron chi connectivity index (χ0n) is 8.17. The van der Waals surface area contributed by atoms with Gasteiger partial charge in [0.15, 0.2) is 0 Å². The second-order valence-electron chi connectivity index (χ2n) is 3.05. The summed E-state index contributed by atoms with van der Waals surface area (Å²) in [5, 5.41) is 0. The number of esters is 1. The third kappa shape index (κ3) is 3.59. The summed E-state index contributed by atoms with van der Waals surface area (Å²) >= 11 is 6.75. The molecule has 1 aromatic rings. The molecule has 3 nitrogen and oxygen atoms in total. The molecule has 0 spiro atoms. The summed E-state index contributed by atoms with van der Waals surface area (Å²) in [7, 11) is 1.35. The summed E-state index contributed by atoms with van der Waals surface area (Å²) in [5.74, 6) is -0.311. The number of nitrogens with two attached hydrogens (primary N) is 1. The van der Waals surface area contributed by atoms with Crippen LogP contribution in [-0.4, -0.2) is 13.1 Å². The molecule has 2 N–H and O–H groups in total. The molecular weight excluding hydrogens is 326 g/mol. The maximum absolute atomic E-state index is 11.1. The molecule has 82 valence electrons. The molecule has 1 aromatic carbocycles. The van der Waals surface area contributed by atoms with Crippen LogP contribution in [0.3, 0.4) is 0 Å². The molecular formula is C10H11Br2NO2. The minimum Gasteiger partial charge on any atom is -0.469 e. The fourth-order valence-electron chi connectivity index (χ4n) is 1.17. The summed E-state index contributed by atoms with van der Waals surface area (Å²) in [6.07, 6.45) is 0.172. The minimum absolute atomic E-state index is 0.172. The summed E-state index contributed by atoms with van der Waals surface area (Å²) in [4.78, 5) is 11.1. The lowest BCUT2D eigenvalue weighted by molar-refractivity contribution is -0.141. The van der Waals surface area contributed by atoms with E-state index in [1.165, 1.54) is 7.11 Å². The lowest BCUT2D eigenvalue weighted by atomic mass is 10.1. The molecule has 0 heterocycles. The fourth-order valence-corrected chi connectivity index (χ4v) is 2.09. The first kappa shape index (κ1) is 12.7. The van der Waals surface area contributed by atoms with Crippen LogP contribution >= 0.6 is 31.9 Å². The van der Waals surface area contributed by atoms with Crippen LogP contribution in [0, 0.1) is 0 Å². The van der Waals surface area contributed by atoms with Gasteiger partial charge in [0.2, 0.25) is 0 Å². The Hall–Kier alpha value is -0.390. The minimum atomic E-state index is -0.357. The zero-order valence-corrected chi connectivity index (χ0v) is 11.3. The number of methoxy groups -OCH3 is 1. The van der Waals surface area contributed by atoms with Gasteiger partial charge in [0.25, 0.3) is 0 Å². The molecule has 0 aliphatic rings. The topological polar surface area (TPSA) is 52.3 Å². The first-order chi connectivity index (χ1) is 7.04. The first-order valence-electron chi connectivity index (χ1n) is 4.32. The van der Waals surface area contributed by atoms with Crippen molar-refractivity contribution in [3.63, 3.8) is 0 Å². The highest BCUT2D eigenvalue weighted by atomic mass is 79.9. The second kappa shape index (κ2) is 5.63. The lowest BCUT2D eigenvalue weighted by Crippen LogP contribution is -2.16. The van der Waals surface area contributed by atoms with Crippen LogP contribution in [0.5, 0.6) is 0 Å². The van der Waals surface area contributed by atoms with E-state index in [-0.39, 0.29) is 18.4 Å². The summed E-state index contributed by atoms with van der Waals surface area (Å²) in [6, 6.07) is 5.32. The van der Waals surface area contributed by atoms with Gasteiger partial charge in [-0.1, -0.05) is 31.9 Å². The Bertz CT molecular complexity index is 368. The standard InChI is InChI=1S/C10H11Br2NO2/c1-15-10(14)5-9(13)7-4-6(11)2-3-8(7)12/h2-4,9H,5,13H2,1H3/t9-/m1/s1. The van der Waals surface area contributed by atoms with Crippen LogP contribution in [0.4, 0.5) is 0 Å². The van der Waals surface area contributed by atoms with E-state index in [1.54, 1.807) is 0 Å². The van der Waals surface area contributed by atoms with Crippen LogP contribution in [0.2, 0.25) is 0 Å². The number of halogens is 2. The SMILES string of the molecule is COC(=O)C[C@@H](N)c1cc(Br)ccc1Br. The molecule has 0 bridgehead atoms. The van der Waals surface area contributed by atoms with Gasteiger partial charge in [-0.05, 0) is 23.8 Å². The molecule has 0 amide bonds. The molecule has 5 heteroatoms. The van der Waals surface area contributed by atoms with Gasteiger partial charge in [-0.2, -0.15) is 0 Å². The Balaban J connectivity index is 2.85. The molecule has 0 aromatic heterocycles. The van der Waals surface area contributed by atoms with Crippen molar-refractivity contribution in [1.29, 1.82) is 0 Å². The third-order valence-corrected chi connectivity index (χ3v) is 3.19. The number of ether oxygens (including phenoxy) is 1. The van der Waals surface area contributed by atoms with Crippen LogP contribution in [-0.2, 0) is 9.53 Å². The van der Waals surface area contributed by atoms with Crippen molar-refractivity contribution < 1.29 is 9.53 Å². The van der Waals surface area contributed by atoms with Crippen molar-refractivity contribution >= 4 is 37.8 Å². The number of rotatable bonds is 3. The highest BCUT2D eigenvalue weighted by Crippen LogP contribution is 2.27. The van der Waals surface area contributed by atoms with Gasteiger partial charge in [0.1, 0.15) is 0 Å². The predicted octanol–water partition coefficient (Wildman–Crippen LogP) is 2.77. The van der Waals surface area contributed by atoms with Crippen molar-refractivity contribution in [2.45, 2.75) is 12.5 Å². The van der Waals surface area contributed by atoms with Crippen LogP contribution in [0.15, 0.2) is 27.1 Å². The average molecular weight is 337 g/mol. The van der Waals surface area contributed by atoms with Gasteiger partial charge in [0.05, 0.1) is 13.5 Å². The van der Waals surface area contributed by atoms with Crippen LogP contribution < -0.4 is 5.73 Å². The zero-order chi connectivity index (χ0) is 11.4. The molecule has 0 fully saturated rings. The van der Waals surface area contributed by atoms with E-state index >= 15 is 0 Å². The number of carbonyl (C=O) groups excluding carboxylic acids is 1. The molecule has 0 aliphatic heterocycles. The van der Waals surface area contributed by atoms with Crippen molar-refractivity contribution in [2.24, 2.45) is 5.73 Å². The average Bonchev–Trinajstić information content (AvgIpc) is 2.21. The molecule has 0 unspecified atom stereocenters. The molecule has 0 saturated heterocycles. The van der Waals surface area contributed by atoms with Crippen LogP contribution in [0.25, 0.3) is 0 Å². The Morgan fingerprint density at radius 3 is 2.80 bits per heavy atom. The van der Waals surface area contributed by atoms with Crippen LogP contribution in [0.1, 0.15) is 18.0 Å². The highest BCUT2D eigenvalue weighted by Gasteiger charge is 2.14. The number of hydrogen-bond donors (Lipinski definition) is 1. The van der Waals surface area contributed by atoms with Gasteiger partial charge in [-0.3, -0.25) is 4.79 Å². The number of hydrogen-bond acceptors (Lipinski definition) is 3. The van der Waals surface area contributed by atoms with Crippen molar-refractivity contribution in [1.82, 2.24) is 0 Å². The molecule has 1 rings (SSSR count). The van der Waals surface area contributed by atoms with E-state index in [4.69, 9.17) is 5.73 Å². The number of carbonyl (C=O) groups is 1. The monoisotopic (exact) mass is 335 g/mol. The molecule has 0 aliphatic carbocycles. The predicted molar refractivity (Wildman–Crippen MR) is 65.4 cm³/mol. The van der Waals surface area contributed by atoms with Crippen molar-refractivity contribution in [2.75, 3.05) is 7.11 Å². The van der Waals surface area contributed by atoms with E-state index in [9.17, 15) is 4.79 Å². The van der Waals surface area contributed by atoms with E-state index < -0.39 is 0 Å². The van der Waals surface area contributed by atoms with E-state index in [0.29, 0.717) is 0 Å². The number of benzene rings is 1. The molecule has 1 atom stereocenters. The lowest BCUT2D eigenvalue weighted by Gasteiger charge is -2.12. The van der Waals surface area contributed by atoms with Crippen molar-refractivity contribution in [3.8, 4) is 0 Å². The maximum atomic E-state index is 11.1. The van der Waals surface area contributed by atoms with Gasteiger partial charge < -0.3 is 10.5 Å². The van der Waals surface area contributed by atoms with E-state index in [2.05, 4.69) is 36.6 Å². The fraction of sp³-hybridized carbons (Fsp3) is 0.300. The smallest absolute Gasteiger partial charge is 0.307 e. The van der Waals surface area contributed by atoms with Gasteiger partial charge in [0, 0.05) is 15.0 Å². The Morgan fingerprint density at radius 1 is 1.53 bits per heavy atom. The largest absolute Gasteiger partial charge is 0.469 e. The second-order valence-corrected chi connectivity index (χ2v) is 4.82.